The molecule has 1 aliphatic rings. The summed E-state index contributed by atoms with van der Waals surface area (Å²) in [6, 6.07) is 7.40. The zero-order chi connectivity index (χ0) is 17.8. The van der Waals surface area contributed by atoms with Crippen LogP contribution in [0, 0.1) is 0 Å². The molecule has 1 amide bonds. The van der Waals surface area contributed by atoms with Gasteiger partial charge in [0.25, 0.3) is 0 Å². The van der Waals surface area contributed by atoms with Crippen LogP contribution in [0.4, 0.5) is 0 Å². The molecule has 6 heteroatoms. The Bertz CT molecular complexity index is 741. The van der Waals surface area contributed by atoms with E-state index in [-0.39, 0.29) is 17.2 Å². The van der Waals surface area contributed by atoms with E-state index in [0.717, 1.165) is 49.2 Å². The summed E-state index contributed by atoms with van der Waals surface area (Å²) < 4.78 is 0. The predicted octanol–water partition coefficient (Wildman–Crippen LogP) is 3.69. The van der Waals surface area contributed by atoms with Gasteiger partial charge in [0, 0.05) is 12.1 Å². The first-order chi connectivity index (χ1) is 12.1. The summed E-state index contributed by atoms with van der Waals surface area (Å²) in [4.78, 5) is 33.4. The van der Waals surface area contributed by atoms with Gasteiger partial charge >= 0.3 is 0 Å². The number of carbonyl (C=O) groups excluding carboxylic acids is 2. The molecule has 1 aromatic heterocycles. The third-order valence-electron chi connectivity index (χ3n) is 4.76. The first kappa shape index (κ1) is 17.7. The molecule has 0 aliphatic carbocycles. The van der Waals surface area contributed by atoms with Crippen molar-refractivity contribution < 1.29 is 9.59 Å². The van der Waals surface area contributed by atoms with Gasteiger partial charge in [-0.1, -0.05) is 24.3 Å². The Hall–Kier alpha value is -2.08. The van der Waals surface area contributed by atoms with Crippen LogP contribution in [-0.4, -0.2) is 45.1 Å². The third-order valence-corrected chi connectivity index (χ3v) is 5.66. The molecule has 2 aromatic rings. The van der Waals surface area contributed by atoms with E-state index in [1.165, 1.54) is 0 Å². The summed E-state index contributed by atoms with van der Waals surface area (Å²) in [5, 5.41) is -0.0362. The molecule has 132 valence electrons. The van der Waals surface area contributed by atoms with Crippen molar-refractivity contribution in [3.63, 3.8) is 0 Å². The van der Waals surface area contributed by atoms with Gasteiger partial charge in [0.15, 0.2) is 0 Å². The Morgan fingerprint density at radius 3 is 2.80 bits per heavy atom. The van der Waals surface area contributed by atoms with Crippen molar-refractivity contribution >= 4 is 24.0 Å². The maximum absolute atomic E-state index is 12.7. The lowest BCUT2D eigenvalue weighted by atomic mass is 10.0. The summed E-state index contributed by atoms with van der Waals surface area (Å²) in [6.07, 6.45) is 7.69. The summed E-state index contributed by atoms with van der Waals surface area (Å²) >= 11 is 1.58. The first-order valence-electron chi connectivity index (χ1n) is 8.58. The van der Waals surface area contributed by atoms with Crippen molar-refractivity contribution in [3.8, 4) is 11.3 Å². The van der Waals surface area contributed by atoms with Crippen molar-refractivity contribution in [2.75, 3.05) is 12.8 Å². The third kappa shape index (κ3) is 3.79. The molecule has 2 atom stereocenters. The molecule has 0 radical (unpaired) electrons. The molecule has 0 spiro atoms. The zero-order valence-corrected chi connectivity index (χ0v) is 15.4. The number of thioether (sulfide) groups is 1. The number of rotatable bonds is 5. The number of piperidine rings is 1. The number of likely N-dealkylation sites (tertiary alicyclic amines) is 1. The average Bonchev–Trinajstić information content (AvgIpc) is 3.17. The van der Waals surface area contributed by atoms with Gasteiger partial charge in [-0.3, -0.25) is 9.59 Å². The van der Waals surface area contributed by atoms with Gasteiger partial charge in [0.05, 0.1) is 23.2 Å². The molecule has 5 nitrogen and oxygen atoms in total. The number of carbonyl (C=O) groups is 2. The van der Waals surface area contributed by atoms with Crippen LogP contribution in [0.3, 0.4) is 0 Å². The normalized spacial score (nSPS) is 18.8. The Morgan fingerprint density at radius 1 is 1.36 bits per heavy atom. The van der Waals surface area contributed by atoms with Crippen LogP contribution < -0.4 is 0 Å². The van der Waals surface area contributed by atoms with E-state index >= 15 is 0 Å². The number of imidazole rings is 1. The fourth-order valence-corrected chi connectivity index (χ4v) is 3.54. The van der Waals surface area contributed by atoms with E-state index in [2.05, 4.69) is 9.97 Å². The first-order valence-corrected chi connectivity index (χ1v) is 9.86. The van der Waals surface area contributed by atoms with Crippen LogP contribution in [0.15, 0.2) is 30.5 Å². The van der Waals surface area contributed by atoms with E-state index in [9.17, 15) is 9.59 Å². The fourth-order valence-electron chi connectivity index (χ4n) is 3.21. The molecule has 0 saturated carbocycles. The van der Waals surface area contributed by atoms with E-state index < -0.39 is 0 Å². The second-order valence-electron chi connectivity index (χ2n) is 6.34. The number of aldehydes is 1. The number of hydrogen-bond donors (Lipinski definition) is 1. The summed E-state index contributed by atoms with van der Waals surface area (Å²) in [5.74, 6) is 1.03. The molecule has 25 heavy (non-hydrogen) atoms. The maximum atomic E-state index is 12.7. The van der Waals surface area contributed by atoms with Gasteiger partial charge < -0.3 is 9.88 Å². The lowest BCUT2D eigenvalue weighted by Gasteiger charge is -2.36. The van der Waals surface area contributed by atoms with E-state index in [4.69, 9.17) is 0 Å². The van der Waals surface area contributed by atoms with Crippen molar-refractivity contribution in [1.82, 2.24) is 14.9 Å². The minimum absolute atomic E-state index is 0.0128. The minimum atomic E-state index is -0.0362. The molecular weight excluding hydrogens is 334 g/mol. The second-order valence-corrected chi connectivity index (χ2v) is 7.52. The second kappa shape index (κ2) is 7.87. The van der Waals surface area contributed by atoms with Gasteiger partial charge in [-0.25, -0.2) is 4.98 Å². The van der Waals surface area contributed by atoms with Crippen molar-refractivity contribution in [3.05, 3.63) is 41.9 Å². The van der Waals surface area contributed by atoms with Gasteiger partial charge in [0.1, 0.15) is 12.1 Å². The van der Waals surface area contributed by atoms with Crippen LogP contribution in [0.2, 0.25) is 0 Å². The molecule has 1 saturated heterocycles. The van der Waals surface area contributed by atoms with Crippen molar-refractivity contribution in [2.24, 2.45) is 0 Å². The molecule has 1 aliphatic heterocycles. The van der Waals surface area contributed by atoms with E-state index in [1.54, 1.807) is 30.1 Å². The molecule has 1 aromatic carbocycles. The van der Waals surface area contributed by atoms with Gasteiger partial charge in [-0.05, 0) is 38.0 Å². The summed E-state index contributed by atoms with van der Waals surface area (Å²) in [6.45, 7) is 2.75. The molecule has 3 rings (SSSR count). The molecule has 1 N–H and O–H groups in total. The van der Waals surface area contributed by atoms with Crippen LogP contribution >= 0.6 is 11.8 Å². The van der Waals surface area contributed by atoms with Crippen molar-refractivity contribution in [2.45, 2.75) is 37.5 Å². The van der Waals surface area contributed by atoms with Crippen LogP contribution in [0.1, 0.15) is 48.4 Å². The number of amides is 1. The number of hydrogen-bond acceptors (Lipinski definition) is 4. The van der Waals surface area contributed by atoms with Gasteiger partial charge in [-0.2, -0.15) is 11.8 Å². The van der Waals surface area contributed by atoms with Gasteiger partial charge in [0.2, 0.25) is 5.91 Å². The topological polar surface area (TPSA) is 66.1 Å². The molecule has 0 bridgehead atoms. The Balaban J connectivity index is 1.83. The molecular formula is C19H23N3O2S. The lowest BCUT2D eigenvalue weighted by molar-refractivity contribution is -0.134. The smallest absolute Gasteiger partial charge is 0.236 e. The minimum Gasteiger partial charge on any atom is -0.340 e. The number of benzene rings is 1. The number of nitrogens with zero attached hydrogens (tertiary/aromatic N) is 2. The van der Waals surface area contributed by atoms with Crippen molar-refractivity contribution in [1.29, 1.82) is 0 Å². The Kier molecular flexibility index (Phi) is 5.58. The zero-order valence-electron chi connectivity index (χ0n) is 14.6. The lowest BCUT2D eigenvalue weighted by Crippen LogP contribution is -2.42. The predicted molar refractivity (Wildman–Crippen MR) is 101 cm³/mol. The highest BCUT2D eigenvalue weighted by atomic mass is 32.2. The number of aromatic nitrogens is 2. The summed E-state index contributed by atoms with van der Waals surface area (Å²) in [5.41, 5.74) is 2.54. The molecule has 2 unspecified atom stereocenters. The molecule has 2 heterocycles. The monoisotopic (exact) mass is 357 g/mol. The number of nitrogens with one attached hydrogen (secondary N) is 1. The highest BCUT2D eigenvalue weighted by Crippen LogP contribution is 2.32. The quantitative estimate of drug-likeness (QED) is 0.829. The Labute approximate surface area is 152 Å². The van der Waals surface area contributed by atoms with E-state index in [0.29, 0.717) is 5.56 Å². The number of H-pyrrole nitrogens is 1. The van der Waals surface area contributed by atoms with E-state index in [1.807, 2.05) is 30.2 Å². The largest absolute Gasteiger partial charge is 0.340 e. The van der Waals surface area contributed by atoms with Gasteiger partial charge in [-0.15, -0.1) is 0 Å². The Morgan fingerprint density at radius 2 is 2.12 bits per heavy atom. The fraction of sp³-hybridized carbons (Fsp3) is 0.421. The maximum Gasteiger partial charge on any atom is 0.236 e. The van der Waals surface area contributed by atoms with Crippen LogP contribution in [-0.2, 0) is 4.79 Å². The summed E-state index contributed by atoms with van der Waals surface area (Å²) in [7, 11) is 0. The highest BCUT2D eigenvalue weighted by Gasteiger charge is 2.32. The highest BCUT2D eigenvalue weighted by molar-refractivity contribution is 7.99. The van der Waals surface area contributed by atoms with Crippen LogP contribution in [0.5, 0.6) is 0 Å². The number of aromatic amines is 1. The SMILES string of the molecule is CSC(C)C(=O)N1CCCCC1c1ncc(-c2ccc(C=O)cc2)[nH]1. The standard InChI is InChI=1S/C19H23N3O2S/c1-13(25-2)19(24)22-10-4-3-5-17(22)18-20-11-16(21-18)15-8-6-14(12-23)7-9-15/h6-9,11-13,17H,3-5,10H2,1-2H3,(H,20,21). The molecule has 1 fully saturated rings. The average molecular weight is 357 g/mol. The van der Waals surface area contributed by atoms with Crippen LogP contribution in [0.25, 0.3) is 11.3 Å².